The molecule has 29 heavy (non-hydrogen) atoms. The van der Waals surface area contributed by atoms with Crippen molar-refractivity contribution in [1.82, 2.24) is 4.57 Å². The molecule has 0 saturated heterocycles. The number of sulfone groups is 1. The summed E-state index contributed by atoms with van der Waals surface area (Å²) in [7, 11) is -1.91. The molecular formula is C20H24ClNO6S. The lowest BCUT2D eigenvalue weighted by molar-refractivity contribution is 0.0474. The monoisotopic (exact) mass is 441 g/mol. The Bertz CT molecular complexity index is 1040. The number of ketones is 1. The summed E-state index contributed by atoms with van der Waals surface area (Å²) in [5.41, 5.74) is 1.99. The molecule has 1 aromatic carbocycles. The van der Waals surface area contributed by atoms with Gasteiger partial charge in [0.1, 0.15) is 0 Å². The Morgan fingerprint density at radius 2 is 1.83 bits per heavy atom. The molecular weight excluding hydrogens is 418 g/mol. The summed E-state index contributed by atoms with van der Waals surface area (Å²) < 4.78 is 35.6. The van der Waals surface area contributed by atoms with Crippen LogP contribution in [0.25, 0.3) is 0 Å². The lowest BCUT2D eigenvalue weighted by Crippen LogP contribution is -2.17. The molecule has 0 spiro atoms. The molecule has 0 N–H and O–H groups in total. The largest absolute Gasteiger partial charge is 0.454 e. The minimum Gasteiger partial charge on any atom is -0.454 e. The average molecular weight is 442 g/mol. The molecule has 0 radical (unpaired) electrons. The number of halogens is 1. The smallest absolute Gasteiger partial charge is 0.340 e. The summed E-state index contributed by atoms with van der Waals surface area (Å²) in [6, 6.07) is 5.54. The number of esters is 1. The maximum Gasteiger partial charge on any atom is 0.340 e. The first-order chi connectivity index (χ1) is 13.5. The van der Waals surface area contributed by atoms with Crippen molar-refractivity contribution in [3.8, 4) is 0 Å². The van der Waals surface area contributed by atoms with Crippen LogP contribution in [-0.4, -0.2) is 51.3 Å². The normalized spacial score (nSPS) is 12.6. The van der Waals surface area contributed by atoms with Crippen molar-refractivity contribution in [3.63, 3.8) is 0 Å². The highest BCUT2D eigenvalue weighted by Crippen LogP contribution is 2.23. The SMILES string of the molecule is COCC(C)n1c(C)cc(C(=O)COC(=O)c2cc(S(C)(=O)=O)ccc2Cl)c1C. The molecule has 1 atom stereocenters. The van der Waals surface area contributed by atoms with Gasteiger partial charge in [-0.15, -0.1) is 0 Å². The second kappa shape index (κ2) is 9.11. The van der Waals surface area contributed by atoms with E-state index in [1.54, 1.807) is 13.2 Å². The molecule has 0 aliphatic rings. The summed E-state index contributed by atoms with van der Waals surface area (Å²) in [5.74, 6) is -1.23. The fourth-order valence-corrected chi connectivity index (χ4v) is 4.07. The third-order valence-corrected chi connectivity index (χ3v) is 5.99. The van der Waals surface area contributed by atoms with Gasteiger partial charge in [0.25, 0.3) is 0 Å². The molecule has 0 bridgehead atoms. The number of carbonyl (C=O) groups excluding carboxylic acids is 2. The number of carbonyl (C=O) groups is 2. The van der Waals surface area contributed by atoms with E-state index in [4.69, 9.17) is 21.1 Å². The Kier molecular flexibility index (Phi) is 7.26. The molecule has 9 heteroatoms. The molecule has 1 aromatic heterocycles. The molecule has 0 amide bonds. The van der Waals surface area contributed by atoms with Gasteiger partial charge in [-0.25, -0.2) is 13.2 Å². The Balaban J connectivity index is 2.18. The molecule has 2 rings (SSSR count). The number of ether oxygens (including phenoxy) is 2. The molecule has 1 unspecified atom stereocenters. The van der Waals surface area contributed by atoms with Crippen molar-refractivity contribution in [3.05, 3.63) is 51.8 Å². The third kappa shape index (κ3) is 5.26. The number of nitrogens with zero attached hydrogens (tertiary/aromatic N) is 1. The number of methoxy groups -OCH3 is 1. The zero-order valence-electron chi connectivity index (χ0n) is 17.0. The first-order valence-corrected chi connectivity index (χ1v) is 11.1. The number of aromatic nitrogens is 1. The van der Waals surface area contributed by atoms with Crippen molar-refractivity contribution < 1.29 is 27.5 Å². The summed E-state index contributed by atoms with van der Waals surface area (Å²) in [6.07, 6.45) is 1.02. The summed E-state index contributed by atoms with van der Waals surface area (Å²) in [5, 5.41) is 0.0430. The average Bonchev–Trinajstić information content (AvgIpc) is 2.93. The van der Waals surface area contributed by atoms with E-state index in [2.05, 4.69) is 0 Å². The Morgan fingerprint density at radius 1 is 1.17 bits per heavy atom. The van der Waals surface area contributed by atoms with Gasteiger partial charge in [0.15, 0.2) is 16.4 Å². The number of hydrogen-bond donors (Lipinski definition) is 0. The van der Waals surface area contributed by atoms with Gasteiger partial charge in [-0.3, -0.25) is 4.79 Å². The Morgan fingerprint density at radius 3 is 2.41 bits per heavy atom. The van der Waals surface area contributed by atoms with E-state index in [9.17, 15) is 18.0 Å². The Hall–Kier alpha value is -2.16. The Labute approximate surface area is 175 Å². The minimum absolute atomic E-state index is 0.0430. The van der Waals surface area contributed by atoms with Gasteiger partial charge in [0.2, 0.25) is 5.78 Å². The van der Waals surface area contributed by atoms with Gasteiger partial charge in [0, 0.05) is 30.3 Å². The predicted molar refractivity (Wildman–Crippen MR) is 110 cm³/mol. The van der Waals surface area contributed by atoms with Gasteiger partial charge >= 0.3 is 5.97 Å². The van der Waals surface area contributed by atoms with E-state index in [1.165, 1.54) is 12.1 Å². The quantitative estimate of drug-likeness (QED) is 0.460. The minimum atomic E-state index is -3.52. The molecule has 7 nitrogen and oxygen atoms in total. The van der Waals surface area contributed by atoms with Crippen molar-refractivity contribution >= 4 is 33.2 Å². The molecule has 2 aromatic rings. The van der Waals surface area contributed by atoms with Crippen LogP contribution < -0.4 is 0 Å². The fourth-order valence-electron chi connectivity index (χ4n) is 3.23. The highest BCUT2D eigenvalue weighted by atomic mass is 35.5. The fraction of sp³-hybridized carbons (Fsp3) is 0.400. The lowest BCUT2D eigenvalue weighted by atomic mass is 10.1. The molecule has 158 valence electrons. The van der Waals surface area contributed by atoms with Crippen LogP contribution in [0, 0.1) is 13.8 Å². The first kappa shape index (κ1) is 23.1. The maximum atomic E-state index is 12.6. The third-order valence-electron chi connectivity index (χ3n) is 4.55. The van der Waals surface area contributed by atoms with Gasteiger partial charge in [-0.05, 0) is 45.0 Å². The van der Waals surface area contributed by atoms with Gasteiger partial charge < -0.3 is 14.0 Å². The van der Waals surface area contributed by atoms with Crippen LogP contribution >= 0.6 is 11.6 Å². The van der Waals surface area contributed by atoms with E-state index >= 15 is 0 Å². The van der Waals surface area contributed by atoms with Crippen LogP contribution in [0.15, 0.2) is 29.2 Å². The zero-order chi connectivity index (χ0) is 21.9. The lowest BCUT2D eigenvalue weighted by Gasteiger charge is -2.17. The highest BCUT2D eigenvalue weighted by molar-refractivity contribution is 7.90. The van der Waals surface area contributed by atoms with Crippen LogP contribution in [0.4, 0.5) is 0 Å². The van der Waals surface area contributed by atoms with Gasteiger partial charge in [-0.2, -0.15) is 0 Å². The van der Waals surface area contributed by atoms with E-state index in [0.717, 1.165) is 23.7 Å². The number of Topliss-reactive ketones (excluding diaryl/α,β-unsaturated/α-hetero) is 1. The molecule has 0 aliphatic carbocycles. The standard InChI is InChI=1S/C20H24ClNO6S/c1-12-8-16(14(3)22(12)13(2)10-27-4)19(23)11-28-20(24)17-9-15(29(5,25)26)6-7-18(17)21/h6-9,13H,10-11H2,1-5H3. The predicted octanol–water partition coefficient (Wildman–Crippen LogP) is 3.41. The van der Waals surface area contributed by atoms with Crippen LogP contribution in [0.5, 0.6) is 0 Å². The van der Waals surface area contributed by atoms with Crippen molar-refractivity contribution in [1.29, 1.82) is 0 Å². The number of hydrogen-bond acceptors (Lipinski definition) is 6. The first-order valence-electron chi connectivity index (χ1n) is 8.84. The van der Waals surface area contributed by atoms with Crippen LogP contribution in [0.3, 0.4) is 0 Å². The van der Waals surface area contributed by atoms with Crippen LogP contribution in [0.2, 0.25) is 5.02 Å². The zero-order valence-corrected chi connectivity index (χ0v) is 18.6. The van der Waals surface area contributed by atoms with Gasteiger partial charge in [-0.1, -0.05) is 11.6 Å². The topological polar surface area (TPSA) is 91.7 Å². The van der Waals surface area contributed by atoms with Crippen LogP contribution in [0.1, 0.15) is 45.1 Å². The van der Waals surface area contributed by atoms with Gasteiger partial charge in [0.05, 0.1) is 28.1 Å². The molecule has 0 aliphatic heterocycles. The molecule has 1 heterocycles. The molecule has 0 fully saturated rings. The number of rotatable bonds is 8. The number of aryl methyl sites for hydroxylation is 1. The van der Waals surface area contributed by atoms with Crippen molar-refractivity contribution in [2.24, 2.45) is 0 Å². The highest BCUT2D eigenvalue weighted by Gasteiger charge is 2.21. The van der Waals surface area contributed by atoms with Crippen molar-refractivity contribution in [2.45, 2.75) is 31.7 Å². The summed E-state index contributed by atoms with van der Waals surface area (Å²) >= 11 is 5.99. The summed E-state index contributed by atoms with van der Waals surface area (Å²) in [6.45, 7) is 5.70. The van der Waals surface area contributed by atoms with E-state index < -0.39 is 22.4 Å². The second-order valence-corrected chi connectivity index (χ2v) is 9.30. The second-order valence-electron chi connectivity index (χ2n) is 6.87. The summed E-state index contributed by atoms with van der Waals surface area (Å²) in [4.78, 5) is 24.9. The van der Waals surface area contributed by atoms with Crippen molar-refractivity contribution in [2.75, 3.05) is 26.6 Å². The maximum absolute atomic E-state index is 12.6. The van der Waals surface area contributed by atoms with Crippen LogP contribution in [-0.2, 0) is 19.3 Å². The molecule has 0 saturated carbocycles. The van der Waals surface area contributed by atoms with E-state index in [1.807, 2.05) is 25.3 Å². The number of benzene rings is 1. The van der Waals surface area contributed by atoms with E-state index in [0.29, 0.717) is 12.2 Å². The van der Waals surface area contributed by atoms with E-state index in [-0.39, 0.29) is 27.3 Å².